The van der Waals surface area contributed by atoms with Crippen molar-refractivity contribution in [2.45, 2.75) is 0 Å². The third-order valence-electron chi connectivity index (χ3n) is 2.08. The Morgan fingerprint density at radius 3 is 2.59 bits per heavy atom. The largest absolute Gasteiger partial charge is 0.287 e. The Morgan fingerprint density at radius 1 is 1.12 bits per heavy atom. The molecule has 4 heteroatoms. The number of pyridine rings is 1. The van der Waals surface area contributed by atoms with E-state index in [1.54, 1.807) is 24.4 Å². The van der Waals surface area contributed by atoms with E-state index < -0.39 is 0 Å². The maximum absolute atomic E-state index is 11.6. The fraction of sp³-hybridized carbons (Fsp3) is 0. The first-order valence-corrected chi connectivity index (χ1v) is 5.16. The molecule has 0 saturated carbocycles. The van der Waals surface area contributed by atoms with Crippen LogP contribution in [0.2, 0.25) is 0 Å². The third kappa shape index (κ3) is 3.24. The molecule has 0 spiro atoms. The molecule has 17 heavy (non-hydrogen) atoms. The SMILES string of the molecule is O=C(/C=N\Nc1ccccn1)c1ccccc1. The summed E-state index contributed by atoms with van der Waals surface area (Å²) < 4.78 is 0. The highest BCUT2D eigenvalue weighted by atomic mass is 16.1. The monoisotopic (exact) mass is 225 g/mol. The highest BCUT2D eigenvalue weighted by Crippen LogP contribution is 2.00. The molecule has 1 heterocycles. The van der Waals surface area contributed by atoms with Gasteiger partial charge in [0.2, 0.25) is 5.78 Å². The van der Waals surface area contributed by atoms with E-state index >= 15 is 0 Å². The van der Waals surface area contributed by atoms with E-state index in [0.717, 1.165) is 0 Å². The molecule has 0 aliphatic rings. The van der Waals surface area contributed by atoms with Crippen LogP contribution < -0.4 is 5.43 Å². The number of anilines is 1. The number of benzene rings is 1. The lowest BCUT2D eigenvalue weighted by atomic mass is 10.1. The lowest BCUT2D eigenvalue weighted by Gasteiger charge is -1.97. The van der Waals surface area contributed by atoms with Gasteiger partial charge >= 0.3 is 0 Å². The number of rotatable bonds is 4. The molecule has 0 bridgehead atoms. The summed E-state index contributed by atoms with van der Waals surface area (Å²) in [6, 6.07) is 14.4. The second-order valence-electron chi connectivity index (χ2n) is 3.32. The average molecular weight is 225 g/mol. The Balaban J connectivity index is 1.96. The summed E-state index contributed by atoms with van der Waals surface area (Å²) in [4.78, 5) is 15.6. The molecule has 0 aliphatic heterocycles. The minimum atomic E-state index is -0.144. The number of nitrogens with one attached hydrogen (secondary N) is 1. The van der Waals surface area contributed by atoms with Gasteiger partial charge in [-0.2, -0.15) is 5.10 Å². The summed E-state index contributed by atoms with van der Waals surface area (Å²) in [5.74, 6) is 0.457. The molecule has 0 atom stereocenters. The van der Waals surface area contributed by atoms with Gasteiger partial charge in [-0.15, -0.1) is 0 Å². The van der Waals surface area contributed by atoms with Gasteiger partial charge in [-0.05, 0) is 12.1 Å². The fourth-order valence-electron chi connectivity index (χ4n) is 1.26. The van der Waals surface area contributed by atoms with Crippen molar-refractivity contribution < 1.29 is 4.79 Å². The van der Waals surface area contributed by atoms with Crippen molar-refractivity contribution >= 4 is 17.8 Å². The molecule has 0 saturated heterocycles. The number of hydrazone groups is 1. The van der Waals surface area contributed by atoms with Crippen LogP contribution in [0.4, 0.5) is 5.82 Å². The van der Waals surface area contributed by atoms with E-state index in [1.165, 1.54) is 6.21 Å². The molecule has 1 aromatic carbocycles. The minimum Gasteiger partial charge on any atom is -0.287 e. The van der Waals surface area contributed by atoms with Gasteiger partial charge in [-0.25, -0.2) is 4.98 Å². The normalized spacial score (nSPS) is 10.4. The van der Waals surface area contributed by atoms with Crippen LogP contribution in [-0.2, 0) is 0 Å². The van der Waals surface area contributed by atoms with Crippen LogP contribution in [0.15, 0.2) is 59.8 Å². The number of carbonyl (C=O) groups is 1. The van der Waals surface area contributed by atoms with E-state index in [0.29, 0.717) is 11.4 Å². The maximum atomic E-state index is 11.6. The molecular formula is C13H11N3O. The number of hydrogen-bond acceptors (Lipinski definition) is 4. The minimum absolute atomic E-state index is 0.144. The van der Waals surface area contributed by atoms with Crippen LogP contribution in [0.25, 0.3) is 0 Å². The van der Waals surface area contributed by atoms with Gasteiger partial charge in [0.25, 0.3) is 0 Å². The maximum Gasteiger partial charge on any atom is 0.205 e. The molecule has 2 rings (SSSR count). The molecule has 84 valence electrons. The zero-order valence-electron chi connectivity index (χ0n) is 9.08. The Morgan fingerprint density at radius 2 is 1.88 bits per heavy atom. The van der Waals surface area contributed by atoms with Crippen LogP contribution >= 0.6 is 0 Å². The lowest BCUT2D eigenvalue weighted by Crippen LogP contribution is -2.02. The highest BCUT2D eigenvalue weighted by molar-refractivity contribution is 6.35. The topological polar surface area (TPSA) is 54.4 Å². The molecule has 0 unspecified atom stereocenters. The predicted molar refractivity (Wildman–Crippen MR) is 67.1 cm³/mol. The van der Waals surface area contributed by atoms with E-state index in [4.69, 9.17) is 0 Å². The summed E-state index contributed by atoms with van der Waals surface area (Å²) in [5, 5.41) is 3.83. The Hall–Kier alpha value is -2.49. The molecule has 0 fully saturated rings. The average Bonchev–Trinajstić information content (AvgIpc) is 2.41. The summed E-state index contributed by atoms with van der Waals surface area (Å²) >= 11 is 0. The molecule has 0 aliphatic carbocycles. The molecule has 1 N–H and O–H groups in total. The second kappa shape index (κ2) is 5.55. The highest BCUT2D eigenvalue weighted by Gasteiger charge is 1.99. The number of carbonyl (C=O) groups excluding carboxylic acids is 1. The van der Waals surface area contributed by atoms with Crippen molar-refractivity contribution in [1.29, 1.82) is 0 Å². The van der Waals surface area contributed by atoms with Crippen molar-refractivity contribution in [3.05, 3.63) is 60.3 Å². The van der Waals surface area contributed by atoms with Crippen molar-refractivity contribution in [2.75, 3.05) is 5.43 Å². The van der Waals surface area contributed by atoms with Gasteiger partial charge in [-0.1, -0.05) is 36.4 Å². The number of aromatic nitrogens is 1. The number of hydrogen-bond donors (Lipinski definition) is 1. The summed E-state index contributed by atoms with van der Waals surface area (Å²) in [6.45, 7) is 0. The van der Waals surface area contributed by atoms with Crippen molar-refractivity contribution in [3.8, 4) is 0 Å². The molecular weight excluding hydrogens is 214 g/mol. The van der Waals surface area contributed by atoms with Crippen molar-refractivity contribution in [1.82, 2.24) is 4.98 Å². The molecule has 2 aromatic rings. The fourth-order valence-corrected chi connectivity index (χ4v) is 1.26. The van der Waals surface area contributed by atoms with Gasteiger partial charge in [0.05, 0.1) is 6.21 Å². The standard InChI is InChI=1S/C13H11N3O/c17-12(11-6-2-1-3-7-11)10-15-16-13-8-4-5-9-14-13/h1-10H,(H,14,16)/b15-10-. The molecule has 0 radical (unpaired) electrons. The van der Waals surface area contributed by atoms with Gasteiger partial charge in [0.15, 0.2) is 0 Å². The van der Waals surface area contributed by atoms with E-state index in [9.17, 15) is 4.79 Å². The zero-order valence-corrected chi connectivity index (χ0v) is 9.08. The molecule has 0 amide bonds. The summed E-state index contributed by atoms with van der Waals surface area (Å²) in [6.07, 6.45) is 2.89. The summed E-state index contributed by atoms with van der Waals surface area (Å²) in [7, 11) is 0. The first kappa shape index (κ1) is 11.0. The van der Waals surface area contributed by atoms with Gasteiger partial charge in [0.1, 0.15) is 5.82 Å². The van der Waals surface area contributed by atoms with Crippen LogP contribution in [-0.4, -0.2) is 17.0 Å². The Labute approximate surface area is 99.0 Å². The van der Waals surface area contributed by atoms with E-state index in [2.05, 4.69) is 15.5 Å². The second-order valence-corrected chi connectivity index (χ2v) is 3.32. The van der Waals surface area contributed by atoms with E-state index in [1.807, 2.05) is 30.3 Å². The Bertz CT molecular complexity index is 509. The third-order valence-corrected chi connectivity index (χ3v) is 2.08. The quantitative estimate of drug-likeness (QED) is 0.493. The first-order valence-electron chi connectivity index (χ1n) is 5.16. The van der Waals surface area contributed by atoms with Crippen LogP contribution in [0.5, 0.6) is 0 Å². The number of nitrogens with zero attached hydrogens (tertiary/aromatic N) is 2. The summed E-state index contributed by atoms with van der Waals surface area (Å²) in [5.41, 5.74) is 3.29. The smallest absolute Gasteiger partial charge is 0.205 e. The van der Waals surface area contributed by atoms with Crippen molar-refractivity contribution in [2.24, 2.45) is 5.10 Å². The Kier molecular flexibility index (Phi) is 3.60. The number of ketones is 1. The molecule has 1 aromatic heterocycles. The van der Waals surface area contributed by atoms with Crippen LogP contribution in [0.3, 0.4) is 0 Å². The van der Waals surface area contributed by atoms with Gasteiger partial charge < -0.3 is 0 Å². The lowest BCUT2D eigenvalue weighted by molar-refractivity contribution is 0.107. The van der Waals surface area contributed by atoms with Gasteiger partial charge in [-0.3, -0.25) is 10.2 Å². The van der Waals surface area contributed by atoms with E-state index in [-0.39, 0.29) is 5.78 Å². The molecule has 4 nitrogen and oxygen atoms in total. The van der Waals surface area contributed by atoms with Crippen LogP contribution in [0.1, 0.15) is 10.4 Å². The predicted octanol–water partition coefficient (Wildman–Crippen LogP) is 2.36. The zero-order chi connectivity index (χ0) is 11.9. The first-order chi connectivity index (χ1) is 8.36. The van der Waals surface area contributed by atoms with Crippen LogP contribution in [0, 0.1) is 0 Å². The van der Waals surface area contributed by atoms with Gasteiger partial charge in [0, 0.05) is 11.8 Å². The van der Waals surface area contributed by atoms with Crippen molar-refractivity contribution in [3.63, 3.8) is 0 Å². The number of Topliss-reactive ketones (excluding diaryl/α,β-unsaturated/α-hetero) is 1.